The average molecular weight is 568 g/mol. The third-order valence-corrected chi connectivity index (χ3v) is 10.3. The van der Waals surface area contributed by atoms with Crippen LogP contribution in [0.3, 0.4) is 0 Å². The van der Waals surface area contributed by atoms with Crippen LogP contribution in [0.25, 0.3) is 10.8 Å². The summed E-state index contributed by atoms with van der Waals surface area (Å²) in [5.41, 5.74) is 2.73. The van der Waals surface area contributed by atoms with Crippen LogP contribution in [0.15, 0.2) is 42.7 Å². The van der Waals surface area contributed by atoms with E-state index in [4.69, 9.17) is 9.84 Å². The minimum absolute atomic E-state index is 0.168. The highest BCUT2D eigenvalue weighted by molar-refractivity contribution is 6.27. The second kappa shape index (κ2) is 8.97. The van der Waals surface area contributed by atoms with Crippen LogP contribution in [0.1, 0.15) is 66.9 Å². The molecule has 10 heteroatoms. The van der Waals surface area contributed by atoms with Crippen LogP contribution in [-0.4, -0.2) is 69.6 Å². The van der Waals surface area contributed by atoms with Crippen molar-refractivity contribution in [2.45, 2.75) is 69.1 Å². The highest BCUT2D eigenvalue weighted by atomic mass is 16.5. The van der Waals surface area contributed by atoms with Gasteiger partial charge in [0.1, 0.15) is 11.6 Å². The number of nitrogens with zero attached hydrogens (tertiary/aromatic N) is 4. The number of carbonyl (C=O) groups excluding carboxylic acids is 4. The third-order valence-electron chi connectivity index (χ3n) is 10.3. The zero-order valence-corrected chi connectivity index (χ0v) is 23.6. The van der Waals surface area contributed by atoms with Gasteiger partial charge in [0.25, 0.3) is 11.8 Å². The van der Waals surface area contributed by atoms with Crippen molar-refractivity contribution in [2.75, 3.05) is 24.6 Å². The summed E-state index contributed by atoms with van der Waals surface area (Å²) in [6.45, 7) is 4.34. The van der Waals surface area contributed by atoms with Gasteiger partial charge in [-0.1, -0.05) is 18.2 Å². The summed E-state index contributed by atoms with van der Waals surface area (Å²) < 4.78 is 7.92. The molecule has 5 fully saturated rings. The topological polar surface area (TPSA) is 114 Å². The van der Waals surface area contributed by atoms with Gasteiger partial charge in [-0.15, -0.1) is 0 Å². The van der Waals surface area contributed by atoms with E-state index in [0.717, 1.165) is 54.2 Å². The van der Waals surface area contributed by atoms with E-state index >= 15 is 0 Å². The lowest BCUT2D eigenvalue weighted by molar-refractivity contribution is -0.157. The van der Waals surface area contributed by atoms with Crippen molar-refractivity contribution in [1.29, 1.82) is 0 Å². The van der Waals surface area contributed by atoms with Crippen LogP contribution in [0.2, 0.25) is 0 Å². The molecule has 9 rings (SSSR count). The number of carbonyl (C=O) groups is 4. The molecule has 10 nitrogen and oxygen atoms in total. The standard InChI is InChI=1S/C32H33N5O5/c1-31(9-11-35(12-10-31)30(41)32-14-20(15-32)18-42-32)36-17-19(16-33-36)13-21-5-6-24-27-22(21)3-2-4-23(27)29(40)37(24)25-7-8-26(38)34-28(25)39/h2-6,16-17,20,25H,7-15,18H2,1H3,(H,34,38,39). The first-order chi connectivity index (χ1) is 20.2. The monoisotopic (exact) mass is 567 g/mol. The lowest BCUT2D eigenvalue weighted by Crippen LogP contribution is -2.56. The smallest absolute Gasteiger partial charge is 0.259 e. The fraction of sp³-hybridized carbons (Fsp3) is 0.469. The van der Waals surface area contributed by atoms with Gasteiger partial charge in [0.15, 0.2) is 0 Å². The van der Waals surface area contributed by atoms with Crippen LogP contribution >= 0.6 is 0 Å². The highest BCUT2D eigenvalue weighted by Gasteiger charge is 2.58. The van der Waals surface area contributed by atoms with Crippen molar-refractivity contribution in [1.82, 2.24) is 20.0 Å². The van der Waals surface area contributed by atoms with Crippen molar-refractivity contribution in [3.63, 3.8) is 0 Å². The number of ether oxygens (including phenoxy) is 1. The molecule has 1 aromatic heterocycles. The van der Waals surface area contributed by atoms with Crippen LogP contribution in [0, 0.1) is 5.92 Å². The molecule has 1 aliphatic carbocycles. The van der Waals surface area contributed by atoms with E-state index in [1.54, 1.807) is 4.90 Å². The Hall–Kier alpha value is -4.05. The van der Waals surface area contributed by atoms with Gasteiger partial charge >= 0.3 is 0 Å². The second-order valence-electron chi connectivity index (χ2n) is 13.0. The Labute approximate surface area is 243 Å². The largest absolute Gasteiger partial charge is 0.365 e. The Morgan fingerprint density at radius 1 is 1.12 bits per heavy atom. The zero-order chi connectivity index (χ0) is 28.8. The van der Waals surface area contributed by atoms with Gasteiger partial charge in [-0.3, -0.25) is 34.1 Å². The zero-order valence-electron chi connectivity index (χ0n) is 23.6. The highest BCUT2D eigenvalue weighted by Crippen LogP contribution is 2.50. The first-order valence-electron chi connectivity index (χ1n) is 14.9. The van der Waals surface area contributed by atoms with Gasteiger partial charge in [-0.2, -0.15) is 5.10 Å². The number of anilines is 1. The van der Waals surface area contributed by atoms with E-state index in [1.165, 1.54) is 0 Å². The van der Waals surface area contributed by atoms with Crippen molar-refractivity contribution >= 4 is 40.1 Å². The van der Waals surface area contributed by atoms with Gasteiger partial charge in [-0.05, 0) is 73.6 Å². The summed E-state index contributed by atoms with van der Waals surface area (Å²) >= 11 is 0. The molecule has 1 saturated carbocycles. The van der Waals surface area contributed by atoms with E-state index in [1.807, 2.05) is 41.4 Å². The number of piperidine rings is 2. The first-order valence-corrected chi connectivity index (χ1v) is 14.9. The Morgan fingerprint density at radius 3 is 2.67 bits per heavy atom. The predicted molar refractivity (Wildman–Crippen MR) is 153 cm³/mol. The van der Waals surface area contributed by atoms with Crippen molar-refractivity contribution < 1.29 is 23.9 Å². The number of rotatable bonds is 5. The average Bonchev–Trinajstić information content (AvgIpc) is 3.76. The molecule has 4 saturated heterocycles. The minimum atomic E-state index is -0.701. The van der Waals surface area contributed by atoms with Crippen LogP contribution in [0.4, 0.5) is 5.69 Å². The minimum Gasteiger partial charge on any atom is -0.365 e. The molecule has 1 unspecified atom stereocenters. The Bertz CT molecular complexity index is 1670. The summed E-state index contributed by atoms with van der Waals surface area (Å²) in [4.78, 5) is 54.5. The molecule has 1 atom stereocenters. The number of aromatic nitrogens is 2. The van der Waals surface area contributed by atoms with E-state index in [2.05, 4.69) is 23.1 Å². The number of imide groups is 1. The lowest BCUT2D eigenvalue weighted by atomic mass is 9.73. The van der Waals surface area contributed by atoms with Crippen molar-refractivity contribution in [2.24, 2.45) is 5.92 Å². The summed E-state index contributed by atoms with van der Waals surface area (Å²) in [6.07, 6.45) is 8.61. The molecule has 4 amide bonds. The number of hydrogen-bond donors (Lipinski definition) is 1. The number of amides is 4. The summed E-state index contributed by atoms with van der Waals surface area (Å²) in [6, 6.07) is 8.96. The Morgan fingerprint density at radius 2 is 1.93 bits per heavy atom. The van der Waals surface area contributed by atoms with Gasteiger partial charge in [0.05, 0.1) is 24.0 Å². The molecule has 0 spiro atoms. The van der Waals surface area contributed by atoms with E-state index in [0.29, 0.717) is 43.1 Å². The maximum atomic E-state index is 13.5. The van der Waals surface area contributed by atoms with Crippen molar-refractivity contribution in [3.8, 4) is 0 Å². The van der Waals surface area contributed by atoms with Gasteiger partial charge in [0.2, 0.25) is 11.8 Å². The molecule has 42 heavy (non-hydrogen) atoms. The fourth-order valence-corrected chi connectivity index (χ4v) is 7.76. The SMILES string of the molecule is CC1(n2cc(Cc3ccc4c5c(cccc35)C(=O)N4C3CCC(=O)NC3=O)cn2)CCN(C(=O)C23CC(CO2)C3)CC1. The quantitative estimate of drug-likeness (QED) is 0.475. The van der Waals surface area contributed by atoms with E-state index in [9.17, 15) is 19.2 Å². The molecule has 0 radical (unpaired) electrons. The second-order valence-corrected chi connectivity index (χ2v) is 13.0. The summed E-state index contributed by atoms with van der Waals surface area (Å²) in [5.74, 6) is -0.201. The number of fused-ring (bicyclic) bond motifs is 1. The molecule has 5 aliphatic heterocycles. The van der Waals surface area contributed by atoms with Gasteiger partial charge in [-0.25, -0.2) is 0 Å². The van der Waals surface area contributed by atoms with Crippen LogP contribution in [0.5, 0.6) is 0 Å². The Balaban J connectivity index is 1.01. The fourth-order valence-electron chi connectivity index (χ4n) is 7.76. The number of benzene rings is 2. The molecule has 3 aromatic rings. The van der Waals surface area contributed by atoms with Crippen LogP contribution in [-0.2, 0) is 31.1 Å². The summed E-state index contributed by atoms with van der Waals surface area (Å²) in [5, 5.41) is 8.97. The Kier molecular flexibility index (Phi) is 5.48. The van der Waals surface area contributed by atoms with Crippen LogP contribution < -0.4 is 10.2 Å². The van der Waals surface area contributed by atoms with E-state index in [-0.39, 0.29) is 29.7 Å². The number of hydrogen-bond acceptors (Lipinski definition) is 6. The molecule has 1 N–H and O–H groups in total. The molecule has 6 heterocycles. The maximum Gasteiger partial charge on any atom is 0.259 e. The number of nitrogens with one attached hydrogen (secondary N) is 1. The molecular weight excluding hydrogens is 534 g/mol. The first kappa shape index (κ1) is 25.6. The molecule has 6 aliphatic rings. The summed E-state index contributed by atoms with van der Waals surface area (Å²) in [7, 11) is 0. The molecule has 2 aromatic carbocycles. The maximum absolute atomic E-state index is 13.5. The molecule has 216 valence electrons. The third kappa shape index (κ3) is 3.70. The van der Waals surface area contributed by atoms with Crippen molar-refractivity contribution in [3.05, 3.63) is 59.4 Å². The molecule has 2 bridgehead atoms. The normalized spacial score (nSPS) is 27.9. The van der Waals surface area contributed by atoms with Gasteiger partial charge < -0.3 is 9.64 Å². The van der Waals surface area contributed by atoms with E-state index < -0.39 is 17.6 Å². The predicted octanol–water partition coefficient (Wildman–Crippen LogP) is 2.91. The molecular formula is C32H33N5O5. The lowest BCUT2D eigenvalue weighted by Gasteiger charge is -2.44. The number of likely N-dealkylation sites (tertiary alicyclic amines) is 1. The van der Waals surface area contributed by atoms with Gasteiger partial charge in [0, 0.05) is 43.1 Å².